The van der Waals surface area contributed by atoms with Crippen molar-refractivity contribution in [1.29, 1.82) is 0 Å². The van der Waals surface area contributed by atoms with Gasteiger partial charge in [0.1, 0.15) is 1.37 Å². The summed E-state index contributed by atoms with van der Waals surface area (Å²) in [5.74, 6) is 2.35. The van der Waals surface area contributed by atoms with Crippen molar-refractivity contribution in [2.75, 3.05) is 6.26 Å². The second kappa shape index (κ2) is 40.0. The average molecular weight is 90.2 g/mol. The molecule has 0 unspecified atom stereocenters. The molecule has 0 aromatic rings. The van der Waals surface area contributed by atoms with Crippen LogP contribution >= 0.6 is 12.6 Å². The molecule has 0 aromatic heterocycles. The van der Waals surface area contributed by atoms with E-state index in [0.29, 0.717) is 0 Å². The van der Waals surface area contributed by atoms with Gasteiger partial charge in [0.25, 0.3) is 0 Å². The van der Waals surface area contributed by atoms with Gasteiger partial charge < -0.3 is 0 Å². The maximum absolute atomic E-state index is 6.09. The monoisotopic (exact) mass is 90.0 g/mol. The van der Waals surface area contributed by atoms with Gasteiger partial charge in [-0.3, -0.25) is 0 Å². The first-order valence-corrected chi connectivity index (χ1v) is 2.09. The second-order valence-electron chi connectivity index (χ2n) is 0.250. The van der Waals surface area contributed by atoms with Gasteiger partial charge in [-0.05, 0) is 13.2 Å². The molecular formula is C4H8S. The van der Waals surface area contributed by atoms with Gasteiger partial charge >= 0.3 is 0 Å². The van der Waals surface area contributed by atoms with Crippen LogP contribution in [0.2, 0.25) is 0 Å². The Bertz CT molecular complexity index is 44.3. The standard InChI is InChI=1S/C3H4.CH4S/c1-3-2;1-2/h1H,2H3;2H,1H3/i1T;. The maximum atomic E-state index is 6.09. The van der Waals surface area contributed by atoms with Crippen LogP contribution in [0.25, 0.3) is 0 Å². The van der Waals surface area contributed by atoms with Crippen molar-refractivity contribution in [3.05, 3.63) is 0 Å². The average Bonchev–Trinajstić information content (AvgIpc) is 1.72. The van der Waals surface area contributed by atoms with Crippen molar-refractivity contribution in [2.24, 2.45) is 0 Å². The summed E-state index contributed by atoms with van der Waals surface area (Å²) in [6.07, 6.45) is 3.62. The highest BCUT2D eigenvalue weighted by Crippen LogP contribution is 1.31. The molecule has 30 valence electrons. The molecule has 0 nitrogen and oxygen atoms in total. The Labute approximate surface area is 40.4 Å². The Balaban J connectivity index is 0. The van der Waals surface area contributed by atoms with E-state index in [2.05, 4.69) is 18.5 Å². The minimum atomic E-state index is 1.63. The summed E-state index contributed by atoms with van der Waals surface area (Å²) >= 11 is 3.53. The molecule has 0 aromatic carbocycles. The van der Waals surface area contributed by atoms with E-state index in [0.717, 1.165) is 0 Å². The third-order valence-corrected chi connectivity index (χ3v) is 0. The predicted molar refractivity (Wildman–Crippen MR) is 29.4 cm³/mol. The van der Waals surface area contributed by atoms with E-state index in [1.807, 2.05) is 6.40 Å². The molecule has 0 saturated heterocycles. The summed E-state index contributed by atoms with van der Waals surface area (Å²) in [5, 5.41) is 0. The minimum Gasteiger partial charge on any atom is -0.183 e. The van der Waals surface area contributed by atoms with Crippen molar-refractivity contribution in [2.45, 2.75) is 6.92 Å². The zero-order chi connectivity index (χ0) is 5.41. The van der Waals surface area contributed by atoms with E-state index < -0.39 is 0 Å². The minimum absolute atomic E-state index is 1.63. The lowest BCUT2D eigenvalue weighted by Gasteiger charge is -1.23. The lowest BCUT2D eigenvalue weighted by Crippen LogP contribution is -1.10. The molecule has 0 saturated carbocycles. The van der Waals surface area contributed by atoms with Crippen LogP contribution in [0.1, 0.15) is 8.29 Å². The molecule has 0 radical (unpaired) electrons. The third-order valence-electron chi connectivity index (χ3n) is 0. The molecule has 0 aliphatic rings. The Morgan fingerprint density at radius 3 is 2.20 bits per heavy atom. The number of hydrogen-bond donors (Lipinski definition) is 1. The van der Waals surface area contributed by atoms with Crippen LogP contribution in [0.3, 0.4) is 0 Å². The summed E-state index contributed by atoms with van der Waals surface area (Å²) < 4.78 is 6.09. The maximum Gasteiger partial charge on any atom is 0.124 e. The largest absolute Gasteiger partial charge is 0.183 e. The van der Waals surface area contributed by atoms with Crippen molar-refractivity contribution in [1.82, 2.24) is 0 Å². The molecule has 0 heterocycles. The highest BCUT2D eigenvalue weighted by atomic mass is 32.1. The van der Waals surface area contributed by atoms with E-state index in [4.69, 9.17) is 1.37 Å². The SMILES string of the molecule is CS.[3H]C#CC. The smallest absolute Gasteiger partial charge is 0.124 e. The molecule has 0 amide bonds. The van der Waals surface area contributed by atoms with Crippen LogP contribution in [0.4, 0.5) is 0 Å². The molecule has 0 aliphatic carbocycles. The van der Waals surface area contributed by atoms with E-state index in [1.165, 1.54) is 0 Å². The van der Waals surface area contributed by atoms with Gasteiger partial charge in [-0.1, -0.05) is 0 Å². The Kier molecular flexibility index (Phi) is 39.3. The Morgan fingerprint density at radius 2 is 2.20 bits per heavy atom. The molecule has 1 heteroatoms. The van der Waals surface area contributed by atoms with Crippen LogP contribution in [-0.2, 0) is 0 Å². The number of rotatable bonds is 0. The van der Waals surface area contributed by atoms with Crippen molar-refractivity contribution >= 4 is 12.6 Å². The Morgan fingerprint density at radius 1 is 2.00 bits per heavy atom. The first-order valence-electron chi connectivity index (χ1n) is 1.70. The number of thiol groups is 1. The van der Waals surface area contributed by atoms with Crippen molar-refractivity contribution in [3.8, 4) is 12.3 Å². The van der Waals surface area contributed by atoms with Gasteiger partial charge in [0.2, 0.25) is 0 Å². The highest BCUT2D eigenvalue weighted by molar-refractivity contribution is 7.79. The molecule has 0 atom stereocenters. The zero-order valence-electron chi connectivity index (χ0n) is 4.45. The third kappa shape index (κ3) is 1760. The van der Waals surface area contributed by atoms with Crippen molar-refractivity contribution in [3.63, 3.8) is 0 Å². The number of terminal acetylenes is 1. The summed E-state index contributed by atoms with van der Waals surface area (Å²) in [6.45, 7) is 1.63. The van der Waals surface area contributed by atoms with Gasteiger partial charge in [0.15, 0.2) is 0 Å². The van der Waals surface area contributed by atoms with E-state index in [1.54, 1.807) is 13.2 Å². The summed E-state index contributed by atoms with van der Waals surface area (Å²) in [5.41, 5.74) is 0. The molecule has 0 aliphatic heterocycles. The van der Waals surface area contributed by atoms with Gasteiger partial charge in [0.05, 0.1) is 0 Å². The quantitative estimate of drug-likeness (QED) is 0.335. The molecule has 0 N–H and O–H groups in total. The van der Waals surface area contributed by atoms with Crippen molar-refractivity contribution < 1.29 is 1.37 Å². The fourth-order valence-electron chi connectivity index (χ4n) is 0. The van der Waals surface area contributed by atoms with Crippen LogP contribution in [-0.4, -0.2) is 6.26 Å². The zero-order valence-corrected chi connectivity index (χ0v) is 4.34. The topological polar surface area (TPSA) is 0 Å². The fourth-order valence-corrected chi connectivity index (χ4v) is 0. The fraction of sp³-hybridized carbons (Fsp3) is 0.500. The van der Waals surface area contributed by atoms with E-state index in [-0.39, 0.29) is 0 Å². The first-order chi connectivity index (χ1) is 2.91. The molecule has 5 heavy (non-hydrogen) atoms. The van der Waals surface area contributed by atoms with E-state index in [9.17, 15) is 0 Å². The second-order valence-corrected chi connectivity index (χ2v) is 0.250. The van der Waals surface area contributed by atoms with Gasteiger partial charge in [-0.2, -0.15) is 12.6 Å². The van der Waals surface area contributed by atoms with Gasteiger partial charge in [-0.15, -0.1) is 12.3 Å². The lowest BCUT2D eigenvalue weighted by atomic mass is 10.9. The molecule has 0 fully saturated rings. The summed E-state index contributed by atoms with van der Waals surface area (Å²) in [6, 6.07) is 0. The summed E-state index contributed by atoms with van der Waals surface area (Å²) in [4.78, 5) is 0. The van der Waals surface area contributed by atoms with E-state index >= 15 is 0 Å². The highest BCUT2D eigenvalue weighted by Gasteiger charge is 1.09. The summed E-state index contributed by atoms with van der Waals surface area (Å²) in [7, 11) is 0. The van der Waals surface area contributed by atoms with Crippen LogP contribution in [0, 0.1) is 12.3 Å². The lowest BCUT2D eigenvalue weighted by molar-refractivity contribution is 1.94. The normalized spacial score (nSPS) is 4.20. The predicted octanol–water partition coefficient (Wildman–Crippen LogP) is 1.19. The van der Waals surface area contributed by atoms with Crippen LogP contribution < -0.4 is 0 Å². The number of hydrogen-bond acceptors (Lipinski definition) is 1. The van der Waals surface area contributed by atoms with Gasteiger partial charge in [0, 0.05) is 0 Å². The van der Waals surface area contributed by atoms with Crippen LogP contribution in [0.15, 0.2) is 0 Å². The van der Waals surface area contributed by atoms with Gasteiger partial charge in [-0.25, -0.2) is 0 Å². The molecule has 0 spiro atoms. The van der Waals surface area contributed by atoms with Crippen LogP contribution in [0.5, 0.6) is 0 Å². The first kappa shape index (κ1) is 4.91. The Hall–Kier alpha value is -0.0900. The molecule has 0 rings (SSSR count). The molecule has 0 bridgehead atoms. The molecular weight excluding hydrogens is 80.1 g/mol.